The predicted molar refractivity (Wildman–Crippen MR) is 70.4 cm³/mol. The molecular weight excluding hydrogens is 245 g/mol. The minimum atomic E-state index is -0.204. The van der Waals surface area contributed by atoms with Gasteiger partial charge in [0.05, 0.1) is 6.04 Å². The third-order valence-electron chi connectivity index (χ3n) is 4.00. The van der Waals surface area contributed by atoms with Crippen LogP contribution >= 0.6 is 0 Å². The van der Waals surface area contributed by atoms with Crippen LogP contribution in [0.2, 0.25) is 0 Å². The highest BCUT2D eigenvalue weighted by atomic mass is 19.1. The predicted octanol–water partition coefficient (Wildman–Crippen LogP) is 1.56. The normalized spacial score (nSPS) is 26.8. The zero-order chi connectivity index (χ0) is 13.4. The van der Waals surface area contributed by atoms with E-state index in [4.69, 9.17) is 0 Å². The Morgan fingerprint density at radius 1 is 1.42 bits per heavy atom. The van der Waals surface area contributed by atoms with Crippen LogP contribution in [0.4, 0.5) is 9.18 Å². The van der Waals surface area contributed by atoms with E-state index in [2.05, 4.69) is 10.6 Å². The lowest BCUT2D eigenvalue weighted by atomic mass is 10.0. The minimum Gasteiger partial charge on any atom is -0.329 e. The van der Waals surface area contributed by atoms with Crippen molar-refractivity contribution in [3.63, 3.8) is 0 Å². The average molecular weight is 263 g/mol. The molecule has 2 heterocycles. The van der Waals surface area contributed by atoms with Gasteiger partial charge in [0.15, 0.2) is 0 Å². The number of carbonyl (C=O) groups is 1. The molecule has 1 aromatic rings. The van der Waals surface area contributed by atoms with Crippen LogP contribution in [0.3, 0.4) is 0 Å². The number of urea groups is 1. The number of nitrogens with one attached hydrogen (secondary N) is 2. The maximum atomic E-state index is 13.3. The van der Waals surface area contributed by atoms with Gasteiger partial charge in [0.25, 0.3) is 0 Å². The maximum absolute atomic E-state index is 13.3. The molecule has 2 aliphatic rings. The molecule has 0 radical (unpaired) electrons. The summed E-state index contributed by atoms with van der Waals surface area (Å²) in [4.78, 5) is 13.9. The number of rotatable bonds is 2. The van der Waals surface area contributed by atoms with E-state index >= 15 is 0 Å². The average Bonchev–Trinajstić information content (AvgIpc) is 3.01. The Hall–Kier alpha value is -1.62. The van der Waals surface area contributed by atoms with Crippen LogP contribution in [-0.4, -0.2) is 36.6 Å². The van der Waals surface area contributed by atoms with E-state index in [0.717, 1.165) is 25.1 Å². The van der Waals surface area contributed by atoms with Crippen molar-refractivity contribution in [1.82, 2.24) is 15.5 Å². The molecule has 2 atom stereocenters. The van der Waals surface area contributed by atoms with Gasteiger partial charge in [0, 0.05) is 19.1 Å². The first-order valence-corrected chi connectivity index (χ1v) is 6.69. The van der Waals surface area contributed by atoms with Crippen molar-refractivity contribution in [3.05, 3.63) is 35.1 Å². The smallest absolute Gasteiger partial charge is 0.318 e. The van der Waals surface area contributed by atoms with Crippen molar-refractivity contribution in [3.8, 4) is 0 Å². The molecule has 3 rings (SSSR count). The van der Waals surface area contributed by atoms with Crippen molar-refractivity contribution in [2.24, 2.45) is 0 Å². The molecule has 5 heteroatoms. The summed E-state index contributed by atoms with van der Waals surface area (Å²) in [6.07, 6.45) is 1.00. The molecule has 19 heavy (non-hydrogen) atoms. The van der Waals surface area contributed by atoms with Crippen molar-refractivity contribution < 1.29 is 9.18 Å². The van der Waals surface area contributed by atoms with Crippen molar-refractivity contribution >= 4 is 6.03 Å². The zero-order valence-corrected chi connectivity index (χ0v) is 10.9. The number of benzene rings is 1. The Morgan fingerprint density at radius 3 is 2.95 bits per heavy atom. The van der Waals surface area contributed by atoms with Crippen LogP contribution in [0.1, 0.15) is 23.6 Å². The Morgan fingerprint density at radius 2 is 2.26 bits per heavy atom. The van der Waals surface area contributed by atoms with Gasteiger partial charge in [-0.05, 0) is 37.1 Å². The molecule has 2 N–H and O–H groups in total. The molecule has 2 fully saturated rings. The van der Waals surface area contributed by atoms with Gasteiger partial charge in [0.1, 0.15) is 5.82 Å². The Labute approximate surface area is 112 Å². The third-order valence-corrected chi connectivity index (χ3v) is 4.00. The summed E-state index contributed by atoms with van der Waals surface area (Å²) in [5, 5.41) is 6.25. The molecule has 0 bridgehead atoms. The molecule has 0 spiro atoms. The van der Waals surface area contributed by atoms with Crippen LogP contribution in [-0.2, 0) is 0 Å². The van der Waals surface area contributed by atoms with Crippen molar-refractivity contribution in [2.45, 2.75) is 25.4 Å². The number of hydrogen-bond donors (Lipinski definition) is 2. The fourth-order valence-electron chi connectivity index (χ4n) is 2.85. The van der Waals surface area contributed by atoms with E-state index in [9.17, 15) is 9.18 Å². The lowest BCUT2D eigenvalue weighted by Crippen LogP contribution is -2.39. The highest BCUT2D eigenvalue weighted by Gasteiger charge is 2.35. The topological polar surface area (TPSA) is 44.4 Å². The second kappa shape index (κ2) is 4.81. The van der Waals surface area contributed by atoms with E-state index in [0.29, 0.717) is 12.1 Å². The first-order chi connectivity index (χ1) is 9.15. The number of hydrogen-bond acceptors (Lipinski definition) is 2. The van der Waals surface area contributed by atoms with E-state index in [-0.39, 0.29) is 23.9 Å². The lowest BCUT2D eigenvalue weighted by molar-refractivity contribution is 0.201. The summed E-state index contributed by atoms with van der Waals surface area (Å²) in [5.41, 5.74) is 1.59. The van der Waals surface area contributed by atoms with Crippen LogP contribution in [0.5, 0.6) is 0 Å². The van der Waals surface area contributed by atoms with E-state index < -0.39 is 0 Å². The van der Waals surface area contributed by atoms with Gasteiger partial charge in [-0.3, -0.25) is 0 Å². The molecular formula is C14H18FN3O. The number of aryl methyl sites for hydroxylation is 1. The second-order valence-corrected chi connectivity index (χ2v) is 5.31. The molecule has 1 aromatic carbocycles. The molecule has 0 aromatic heterocycles. The van der Waals surface area contributed by atoms with Crippen LogP contribution < -0.4 is 10.6 Å². The number of nitrogens with zero attached hydrogens (tertiary/aromatic N) is 1. The Kier molecular flexibility index (Phi) is 3.14. The van der Waals surface area contributed by atoms with Crippen molar-refractivity contribution in [1.29, 1.82) is 0 Å². The van der Waals surface area contributed by atoms with Crippen LogP contribution in [0, 0.1) is 12.7 Å². The van der Waals surface area contributed by atoms with Crippen molar-refractivity contribution in [2.75, 3.05) is 19.6 Å². The molecule has 0 saturated carbocycles. The fourth-order valence-corrected chi connectivity index (χ4v) is 2.85. The molecule has 4 nitrogen and oxygen atoms in total. The first kappa shape index (κ1) is 12.4. The van der Waals surface area contributed by atoms with E-state index in [1.165, 1.54) is 6.07 Å². The third kappa shape index (κ3) is 2.30. The molecule has 2 unspecified atom stereocenters. The minimum absolute atomic E-state index is 0.0133. The summed E-state index contributed by atoms with van der Waals surface area (Å²) in [5.74, 6) is -0.204. The van der Waals surface area contributed by atoms with Gasteiger partial charge in [-0.2, -0.15) is 0 Å². The standard InChI is InChI=1S/C14H18FN3O/c1-9-6-10(2-3-12(9)15)13-8-18(14(19)17-13)11-4-5-16-7-11/h2-3,6,11,13,16H,4-5,7-8H2,1H3,(H,17,19). The highest BCUT2D eigenvalue weighted by Crippen LogP contribution is 2.25. The fraction of sp³-hybridized carbons (Fsp3) is 0.500. The SMILES string of the molecule is Cc1cc(C2CN(C3CCNC3)C(=O)N2)ccc1F. The van der Waals surface area contributed by atoms with Crippen LogP contribution in [0.25, 0.3) is 0 Å². The van der Waals surface area contributed by atoms with Gasteiger partial charge in [-0.15, -0.1) is 0 Å². The molecule has 2 amide bonds. The molecule has 102 valence electrons. The largest absolute Gasteiger partial charge is 0.329 e. The van der Waals surface area contributed by atoms with E-state index in [1.807, 2.05) is 11.0 Å². The van der Waals surface area contributed by atoms with Gasteiger partial charge in [-0.25, -0.2) is 9.18 Å². The monoisotopic (exact) mass is 263 g/mol. The summed E-state index contributed by atoms with van der Waals surface area (Å²) in [6.45, 7) is 4.24. The lowest BCUT2D eigenvalue weighted by Gasteiger charge is -2.21. The highest BCUT2D eigenvalue weighted by molar-refractivity contribution is 5.77. The number of carbonyl (C=O) groups excluding carboxylic acids is 1. The maximum Gasteiger partial charge on any atom is 0.318 e. The Balaban J connectivity index is 1.76. The quantitative estimate of drug-likeness (QED) is 0.850. The summed E-state index contributed by atoms with van der Waals surface area (Å²) >= 11 is 0. The summed E-state index contributed by atoms with van der Waals surface area (Å²) < 4.78 is 13.3. The van der Waals surface area contributed by atoms with Crippen LogP contribution in [0.15, 0.2) is 18.2 Å². The number of halogens is 1. The molecule has 0 aliphatic carbocycles. The van der Waals surface area contributed by atoms with Gasteiger partial charge in [0.2, 0.25) is 0 Å². The molecule has 2 saturated heterocycles. The second-order valence-electron chi connectivity index (χ2n) is 5.31. The molecule has 2 aliphatic heterocycles. The van der Waals surface area contributed by atoms with Gasteiger partial charge in [-0.1, -0.05) is 12.1 Å². The summed E-state index contributed by atoms with van der Waals surface area (Å²) in [6, 6.07) is 5.27. The summed E-state index contributed by atoms with van der Waals surface area (Å²) in [7, 11) is 0. The Bertz CT molecular complexity index is 499. The first-order valence-electron chi connectivity index (χ1n) is 6.69. The zero-order valence-electron chi connectivity index (χ0n) is 10.9. The van der Waals surface area contributed by atoms with E-state index in [1.54, 1.807) is 13.0 Å². The van der Waals surface area contributed by atoms with Gasteiger partial charge < -0.3 is 15.5 Å². The van der Waals surface area contributed by atoms with Gasteiger partial charge >= 0.3 is 6.03 Å². The number of amides is 2.